The van der Waals surface area contributed by atoms with Crippen molar-refractivity contribution in [2.75, 3.05) is 13.1 Å². The van der Waals surface area contributed by atoms with E-state index in [1.54, 1.807) is 0 Å². The lowest BCUT2D eigenvalue weighted by molar-refractivity contribution is -0.133. The lowest BCUT2D eigenvalue weighted by Gasteiger charge is -2.32. The molecule has 4 aliphatic rings. The fraction of sp³-hybridized carbons (Fsp3) is 0.517. The molecule has 32 heavy (non-hydrogen) atoms. The molecule has 1 aromatic carbocycles. The molecule has 0 N–H and O–H groups in total. The van der Waals surface area contributed by atoms with Gasteiger partial charge < -0.3 is 4.90 Å². The summed E-state index contributed by atoms with van der Waals surface area (Å²) in [5.74, 6) is 2.82. The zero-order valence-electron chi connectivity index (χ0n) is 19.3. The highest BCUT2D eigenvalue weighted by Gasteiger charge is 2.40. The Hall–Kier alpha value is -2.42. The fourth-order valence-electron chi connectivity index (χ4n) is 7.05. The summed E-state index contributed by atoms with van der Waals surface area (Å²) in [6, 6.07) is 11.2. The molecule has 2 aromatic rings. The van der Waals surface area contributed by atoms with Crippen LogP contribution in [0.5, 0.6) is 0 Å². The molecular formula is C29H34N2O. The Morgan fingerprint density at radius 1 is 1.03 bits per heavy atom. The summed E-state index contributed by atoms with van der Waals surface area (Å²) in [4.78, 5) is 20.1. The average Bonchev–Trinajstić information content (AvgIpc) is 3.39. The Balaban J connectivity index is 1.25. The molecule has 3 fully saturated rings. The summed E-state index contributed by atoms with van der Waals surface area (Å²) < 4.78 is 0. The summed E-state index contributed by atoms with van der Waals surface area (Å²) in [6.07, 6.45) is 12.3. The van der Waals surface area contributed by atoms with Crippen molar-refractivity contribution in [2.24, 2.45) is 17.8 Å². The minimum atomic E-state index is 0.405. The normalized spacial score (nSPS) is 26.7. The minimum Gasteiger partial charge on any atom is -0.342 e. The third-order valence-electron chi connectivity index (χ3n) is 8.72. The van der Waals surface area contributed by atoms with Crippen molar-refractivity contribution in [3.63, 3.8) is 0 Å². The Labute approximate surface area is 191 Å². The standard InChI is InChI=1S/C29H34N2O/c1-19-4-9-26-24(15-19)8-7-22-3-2-12-30-29(22)28(26)21-10-13-31(14-11-21)27(32)18-25-17-20-5-6-23(25)16-20/h2-4,9,12,15,20,23,25H,5-8,10-11,13-14,16-18H2,1H3/t20-,23+,25?/m0/s1. The second-order valence-electron chi connectivity index (χ2n) is 10.7. The smallest absolute Gasteiger partial charge is 0.222 e. The molecule has 1 aromatic heterocycles. The van der Waals surface area contributed by atoms with Gasteiger partial charge >= 0.3 is 0 Å². The van der Waals surface area contributed by atoms with Crippen LogP contribution < -0.4 is 0 Å². The van der Waals surface area contributed by atoms with Crippen LogP contribution in [-0.4, -0.2) is 28.9 Å². The lowest BCUT2D eigenvalue weighted by atomic mass is 9.85. The van der Waals surface area contributed by atoms with Crippen molar-refractivity contribution in [3.8, 4) is 0 Å². The topological polar surface area (TPSA) is 33.2 Å². The molecule has 1 unspecified atom stereocenters. The number of pyridine rings is 1. The Morgan fingerprint density at radius 3 is 2.66 bits per heavy atom. The molecule has 0 spiro atoms. The number of carbonyl (C=O) groups excluding carboxylic acids is 1. The summed E-state index contributed by atoms with van der Waals surface area (Å²) in [7, 11) is 0. The van der Waals surface area contributed by atoms with Crippen LogP contribution >= 0.6 is 0 Å². The van der Waals surface area contributed by atoms with E-state index in [1.807, 2.05) is 6.20 Å². The molecule has 3 nitrogen and oxygen atoms in total. The second-order valence-corrected chi connectivity index (χ2v) is 10.7. The van der Waals surface area contributed by atoms with Gasteiger partial charge in [0.2, 0.25) is 5.91 Å². The largest absolute Gasteiger partial charge is 0.342 e. The SMILES string of the molecule is Cc1ccc2c(c1)CCc1cccnc1C2=C1CCN(C(=O)CC2C[C@H]3CC[C@@H]2C3)CC1. The van der Waals surface area contributed by atoms with Crippen molar-refractivity contribution in [1.82, 2.24) is 9.88 Å². The zero-order chi connectivity index (χ0) is 21.7. The number of rotatable bonds is 2. The van der Waals surface area contributed by atoms with E-state index in [0.29, 0.717) is 11.8 Å². The molecule has 166 valence electrons. The van der Waals surface area contributed by atoms with Gasteiger partial charge in [0.25, 0.3) is 0 Å². The maximum absolute atomic E-state index is 13.1. The molecule has 1 aliphatic heterocycles. The van der Waals surface area contributed by atoms with Crippen LogP contribution in [0.15, 0.2) is 42.1 Å². The van der Waals surface area contributed by atoms with Gasteiger partial charge in [0.1, 0.15) is 0 Å². The Bertz CT molecular complexity index is 1070. The molecule has 2 bridgehead atoms. The molecule has 1 amide bonds. The van der Waals surface area contributed by atoms with E-state index in [-0.39, 0.29) is 0 Å². The van der Waals surface area contributed by atoms with Gasteiger partial charge in [-0.25, -0.2) is 0 Å². The average molecular weight is 427 g/mol. The van der Waals surface area contributed by atoms with E-state index >= 15 is 0 Å². The van der Waals surface area contributed by atoms with Crippen LogP contribution in [0.1, 0.15) is 72.9 Å². The van der Waals surface area contributed by atoms with Crippen LogP contribution in [0.25, 0.3) is 5.57 Å². The number of fused-ring (bicyclic) bond motifs is 4. The van der Waals surface area contributed by atoms with E-state index in [4.69, 9.17) is 4.98 Å². The highest BCUT2D eigenvalue weighted by molar-refractivity contribution is 5.85. The van der Waals surface area contributed by atoms with Crippen molar-refractivity contribution >= 4 is 11.5 Å². The quantitative estimate of drug-likeness (QED) is 0.614. The monoisotopic (exact) mass is 426 g/mol. The molecular weight excluding hydrogens is 392 g/mol. The molecule has 3 aliphatic carbocycles. The van der Waals surface area contributed by atoms with E-state index in [1.165, 1.54) is 64.8 Å². The predicted molar refractivity (Wildman–Crippen MR) is 128 cm³/mol. The molecule has 1 saturated heterocycles. The van der Waals surface area contributed by atoms with Crippen molar-refractivity contribution in [2.45, 2.75) is 64.7 Å². The minimum absolute atomic E-state index is 0.405. The summed E-state index contributed by atoms with van der Waals surface area (Å²) in [5, 5.41) is 0. The third-order valence-corrected chi connectivity index (χ3v) is 8.72. The lowest BCUT2D eigenvalue weighted by Crippen LogP contribution is -2.38. The number of nitrogens with zero attached hydrogens (tertiary/aromatic N) is 2. The highest BCUT2D eigenvalue weighted by atomic mass is 16.2. The van der Waals surface area contributed by atoms with Crippen LogP contribution in [0, 0.1) is 24.7 Å². The summed E-state index contributed by atoms with van der Waals surface area (Å²) >= 11 is 0. The van der Waals surface area contributed by atoms with Crippen LogP contribution in [0.3, 0.4) is 0 Å². The Morgan fingerprint density at radius 2 is 1.88 bits per heavy atom. The maximum Gasteiger partial charge on any atom is 0.222 e. The van der Waals surface area contributed by atoms with Gasteiger partial charge in [-0.05, 0) is 92.4 Å². The van der Waals surface area contributed by atoms with Crippen molar-refractivity contribution < 1.29 is 4.79 Å². The van der Waals surface area contributed by atoms with E-state index in [2.05, 4.69) is 42.2 Å². The second kappa shape index (κ2) is 8.17. The van der Waals surface area contributed by atoms with Gasteiger partial charge in [0.05, 0.1) is 5.69 Å². The number of hydrogen-bond donors (Lipinski definition) is 0. The molecule has 6 rings (SSSR count). The van der Waals surface area contributed by atoms with Gasteiger partial charge in [0, 0.05) is 31.3 Å². The van der Waals surface area contributed by atoms with Crippen LogP contribution in [0.4, 0.5) is 0 Å². The molecule has 2 saturated carbocycles. The first-order chi connectivity index (χ1) is 15.7. The number of amides is 1. The Kier molecular flexibility index (Phi) is 5.16. The van der Waals surface area contributed by atoms with E-state index in [0.717, 1.165) is 57.0 Å². The first-order valence-electron chi connectivity index (χ1n) is 12.7. The van der Waals surface area contributed by atoms with Gasteiger partial charge in [0.15, 0.2) is 0 Å². The summed E-state index contributed by atoms with van der Waals surface area (Å²) in [5.41, 5.74) is 9.51. The van der Waals surface area contributed by atoms with Crippen LogP contribution in [0.2, 0.25) is 0 Å². The number of piperidine rings is 1. The summed E-state index contributed by atoms with van der Waals surface area (Å²) in [6.45, 7) is 3.91. The molecule has 0 radical (unpaired) electrons. The number of aryl methyl sites for hydroxylation is 3. The van der Waals surface area contributed by atoms with E-state index in [9.17, 15) is 4.79 Å². The zero-order valence-corrected chi connectivity index (χ0v) is 19.3. The number of likely N-dealkylation sites (tertiary alicyclic amines) is 1. The molecule has 2 heterocycles. The van der Waals surface area contributed by atoms with Gasteiger partial charge in [-0.15, -0.1) is 0 Å². The number of aromatic nitrogens is 1. The first kappa shape index (κ1) is 20.2. The number of hydrogen-bond acceptors (Lipinski definition) is 2. The number of carbonyl (C=O) groups is 1. The number of benzene rings is 1. The first-order valence-corrected chi connectivity index (χ1v) is 12.7. The third kappa shape index (κ3) is 3.60. The molecule has 3 heteroatoms. The van der Waals surface area contributed by atoms with Gasteiger partial charge in [-0.1, -0.05) is 41.8 Å². The van der Waals surface area contributed by atoms with E-state index < -0.39 is 0 Å². The van der Waals surface area contributed by atoms with Gasteiger partial charge in [-0.2, -0.15) is 0 Å². The van der Waals surface area contributed by atoms with Crippen LogP contribution in [-0.2, 0) is 17.6 Å². The van der Waals surface area contributed by atoms with Crippen molar-refractivity contribution in [1.29, 1.82) is 0 Å². The molecule has 3 atom stereocenters. The predicted octanol–water partition coefficient (Wildman–Crippen LogP) is 5.74. The van der Waals surface area contributed by atoms with Crippen molar-refractivity contribution in [3.05, 3.63) is 70.0 Å². The van der Waals surface area contributed by atoms with Gasteiger partial charge in [-0.3, -0.25) is 9.78 Å². The highest BCUT2D eigenvalue weighted by Crippen LogP contribution is 2.49. The maximum atomic E-state index is 13.1. The fourth-order valence-corrected chi connectivity index (χ4v) is 7.05.